The number of aliphatic hydroxyl groups is 1. The zero-order valence-corrected chi connectivity index (χ0v) is 20.3. The average Bonchev–Trinajstić information content (AvgIpc) is 3.10. The number of nitrogens with zero attached hydrogens (tertiary/aromatic N) is 2. The fraction of sp³-hybridized carbons (Fsp3) is 0.450. The summed E-state index contributed by atoms with van der Waals surface area (Å²) in [4.78, 5) is 29.2. The van der Waals surface area contributed by atoms with E-state index in [1.54, 1.807) is 20.8 Å². The molecule has 0 aliphatic carbocycles. The van der Waals surface area contributed by atoms with Crippen LogP contribution in [-0.2, 0) is 10.9 Å². The van der Waals surface area contributed by atoms with Crippen LogP contribution >= 0.6 is 27.3 Å². The van der Waals surface area contributed by atoms with Gasteiger partial charge in [0.25, 0.3) is 0 Å². The number of aliphatic hydroxyl groups excluding tert-OH is 1. The van der Waals surface area contributed by atoms with Crippen LogP contribution in [0.15, 0.2) is 34.2 Å². The molecule has 0 fully saturated rings. The number of aromatic nitrogens is 1. The third kappa shape index (κ3) is 7.86. The fourth-order valence-electron chi connectivity index (χ4n) is 2.92. The Labute approximate surface area is 200 Å². The van der Waals surface area contributed by atoms with Crippen molar-refractivity contribution in [2.75, 3.05) is 18.1 Å². The van der Waals surface area contributed by atoms with Gasteiger partial charge in [-0.3, -0.25) is 4.90 Å². The van der Waals surface area contributed by atoms with E-state index >= 15 is 0 Å². The maximum absolute atomic E-state index is 12.9. The minimum absolute atomic E-state index is 0.106. The van der Waals surface area contributed by atoms with Gasteiger partial charge < -0.3 is 20.3 Å². The lowest BCUT2D eigenvalue weighted by molar-refractivity contribution is -0.137. The number of thiazole rings is 1. The van der Waals surface area contributed by atoms with Crippen molar-refractivity contribution < 1.29 is 37.7 Å². The molecule has 1 aromatic heterocycles. The highest BCUT2D eigenvalue weighted by molar-refractivity contribution is 9.11. The molecule has 1 heterocycles. The van der Waals surface area contributed by atoms with Gasteiger partial charge in [0, 0.05) is 5.92 Å². The summed E-state index contributed by atoms with van der Waals surface area (Å²) >= 11 is 4.24. The van der Waals surface area contributed by atoms with Crippen LogP contribution in [0.1, 0.15) is 37.8 Å². The number of halogens is 4. The molecule has 2 aromatic rings. The molecule has 8 nitrogen and oxygen atoms in total. The summed E-state index contributed by atoms with van der Waals surface area (Å²) in [6, 6.07) is 3.02. The van der Waals surface area contributed by atoms with Gasteiger partial charge in [-0.2, -0.15) is 13.2 Å². The summed E-state index contributed by atoms with van der Waals surface area (Å²) in [5, 5.41) is 22.4. The maximum atomic E-state index is 12.9. The molecule has 0 spiro atoms. The van der Waals surface area contributed by atoms with E-state index in [1.165, 1.54) is 18.3 Å². The molecule has 33 heavy (non-hydrogen) atoms. The highest BCUT2D eigenvalue weighted by Crippen LogP contribution is 2.32. The Kier molecular flexibility index (Phi) is 8.71. The third-order valence-electron chi connectivity index (χ3n) is 4.36. The number of ether oxygens (including phenoxy) is 1. The van der Waals surface area contributed by atoms with E-state index in [0.29, 0.717) is 3.79 Å². The van der Waals surface area contributed by atoms with Gasteiger partial charge in [-0.1, -0.05) is 23.5 Å². The van der Waals surface area contributed by atoms with Crippen LogP contribution < -0.4 is 10.2 Å². The maximum Gasteiger partial charge on any atom is 0.416 e. The highest BCUT2D eigenvalue weighted by Gasteiger charge is 2.33. The summed E-state index contributed by atoms with van der Waals surface area (Å²) in [7, 11) is 0. The lowest BCUT2D eigenvalue weighted by atomic mass is 9.91. The number of nitrogens with one attached hydrogen (secondary N) is 1. The topological polar surface area (TPSA) is 112 Å². The van der Waals surface area contributed by atoms with Crippen molar-refractivity contribution in [3.8, 4) is 0 Å². The fourth-order valence-corrected chi connectivity index (χ4v) is 4.11. The van der Waals surface area contributed by atoms with Crippen LogP contribution in [0.25, 0.3) is 0 Å². The smallest absolute Gasteiger partial charge is 0.416 e. The van der Waals surface area contributed by atoms with E-state index in [4.69, 9.17) is 4.74 Å². The molecule has 1 aromatic carbocycles. The van der Waals surface area contributed by atoms with Crippen molar-refractivity contribution in [2.45, 2.75) is 44.5 Å². The second-order valence-corrected chi connectivity index (χ2v) is 10.4. The zero-order chi connectivity index (χ0) is 25.0. The molecule has 0 saturated heterocycles. The second-order valence-electron chi connectivity index (χ2n) is 8.00. The van der Waals surface area contributed by atoms with Crippen LogP contribution in [0.3, 0.4) is 0 Å². The SMILES string of the molecule is CC(C)(C)OC(=O)N[C@@H](CN(C(=O)O)c1ncc(Br)s1)[C@@H](CO)c1ccc(C(F)(F)F)cc1. The molecule has 2 amide bonds. The van der Waals surface area contributed by atoms with Crippen molar-refractivity contribution in [3.05, 3.63) is 45.4 Å². The van der Waals surface area contributed by atoms with Gasteiger partial charge in [0.1, 0.15) is 5.60 Å². The number of alkyl carbamates (subject to hydrolysis) is 1. The Bertz CT molecular complexity index is 963. The number of hydrogen-bond acceptors (Lipinski definition) is 6. The molecule has 182 valence electrons. The second kappa shape index (κ2) is 10.7. The predicted octanol–water partition coefficient (Wildman–Crippen LogP) is 5.08. The lowest BCUT2D eigenvalue weighted by Crippen LogP contribution is -2.50. The van der Waals surface area contributed by atoms with E-state index in [2.05, 4.69) is 26.2 Å². The Hall–Kier alpha value is -2.38. The molecule has 0 aliphatic heterocycles. The normalized spacial score (nSPS) is 13.8. The summed E-state index contributed by atoms with van der Waals surface area (Å²) in [6.45, 7) is 3.98. The van der Waals surface area contributed by atoms with Crippen molar-refractivity contribution >= 4 is 44.6 Å². The molecular formula is C20H23BrF3N3O5S. The molecule has 0 bridgehead atoms. The monoisotopic (exact) mass is 553 g/mol. The van der Waals surface area contributed by atoms with Crippen LogP contribution in [0.5, 0.6) is 0 Å². The van der Waals surface area contributed by atoms with Crippen LogP contribution in [-0.4, -0.2) is 52.2 Å². The predicted molar refractivity (Wildman–Crippen MR) is 120 cm³/mol. The van der Waals surface area contributed by atoms with Gasteiger partial charge in [0.2, 0.25) is 0 Å². The van der Waals surface area contributed by atoms with Crippen LogP contribution in [0.2, 0.25) is 0 Å². The molecule has 13 heteroatoms. The zero-order valence-electron chi connectivity index (χ0n) is 17.9. The Balaban J connectivity index is 2.40. The minimum atomic E-state index is -4.54. The number of alkyl halides is 3. The first kappa shape index (κ1) is 26.9. The van der Waals surface area contributed by atoms with Gasteiger partial charge in [-0.05, 0) is 54.4 Å². The number of benzene rings is 1. The Morgan fingerprint density at radius 2 is 1.85 bits per heavy atom. The molecular weight excluding hydrogens is 531 g/mol. The number of rotatable bonds is 7. The molecule has 0 radical (unpaired) electrons. The number of anilines is 1. The minimum Gasteiger partial charge on any atom is -0.465 e. The first-order valence-electron chi connectivity index (χ1n) is 9.60. The number of amides is 2. The van der Waals surface area contributed by atoms with Crippen molar-refractivity contribution in [2.24, 2.45) is 0 Å². The van der Waals surface area contributed by atoms with E-state index in [1.807, 2.05) is 0 Å². The summed E-state index contributed by atoms with van der Waals surface area (Å²) < 4.78 is 44.6. The number of carbonyl (C=O) groups excluding carboxylic acids is 1. The van der Waals surface area contributed by atoms with E-state index in [0.717, 1.165) is 28.4 Å². The van der Waals surface area contributed by atoms with Crippen molar-refractivity contribution in [1.82, 2.24) is 10.3 Å². The van der Waals surface area contributed by atoms with Gasteiger partial charge in [0.15, 0.2) is 5.13 Å². The van der Waals surface area contributed by atoms with E-state index in [9.17, 15) is 33.0 Å². The average molecular weight is 554 g/mol. The first-order valence-corrected chi connectivity index (χ1v) is 11.2. The van der Waals surface area contributed by atoms with Crippen molar-refractivity contribution in [1.29, 1.82) is 0 Å². The van der Waals surface area contributed by atoms with Gasteiger partial charge in [-0.25, -0.2) is 14.6 Å². The summed E-state index contributed by atoms with van der Waals surface area (Å²) in [6.07, 6.45) is -5.37. The molecule has 2 atom stereocenters. The van der Waals surface area contributed by atoms with Gasteiger partial charge in [0.05, 0.1) is 34.7 Å². The Morgan fingerprint density at radius 3 is 2.27 bits per heavy atom. The van der Waals surface area contributed by atoms with Gasteiger partial charge in [-0.15, -0.1) is 0 Å². The number of carboxylic acid groups (broad SMARTS) is 1. The summed E-state index contributed by atoms with van der Waals surface area (Å²) in [5.74, 6) is -0.940. The first-order chi connectivity index (χ1) is 15.2. The third-order valence-corrected chi connectivity index (χ3v) is 5.86. The largest absolute Gasteiger partial charge is 0.465 e. The van der Waals surface area contributed by atoms with E-state index in [-0.39, 0.29) is 17.2 Å². The van der Waals surface area contributed by atoms with Crippen molar-refractivity contribution in [3.63, 3.8) is 0 Å². The molecule has 0 aliphatic rings. The Morgan fingerprint density at radius 1 is 1.24 bits per heavy atom. The molecule has 0 unspecified atom stereocenters. The molecule has 0 saturated carbocycles. The van der Waals surface area contributed by atoms with Gasteiger partial charge >= 0.3 is 18.4 Å². The number of carbonyl (C=O) groups is 2. The standard InChI is InChI=1S/C20H23BrF3N3O5S/c1-19(2,3)32-17(29)26-14(9-27(18(30)31)16-25-8-15(21)33-16)13(10-28)11-4-6-12(7-5-11)20(22,23)24/h4-8,13-14,28H,9-10H2,1-3H3,(H,26,29)(H,30,31)/t13-,14-/m0/s1. The number of hydrogen-bond donors (Lipinski definition) is 3. The van der Waals surface area contributed by atoms with Crippen LogP contribution in [0, 0.1) is 0 Å². The van der Waals surface area contributed by atoms with Crippen LogP contribution in [0.4, 0.5) is 27.9 Å². The molecule has 2 rings (SSSR count). The lowest BCUT2D eigenvalue weighted by Gasteiger charge is -2.31. The highest BCUT2D eigenvalue weighted by atomic mass is 79.9. The van der Waals surface area contributed by atoms with E-state index < -0.39 is 48.1 Å². The summed E-state index contributed by atoms with van der Waals surface area (Å²) in [5.41, 5.74) is -1.46. The quantitative estimate of drug-likeness (QED) is 0.441. The molecule has 3 N–H and O–H groups in total.